The SMILES string of the molecule is CCCNCC(O)CSC1CCCC(C)C1. The Labute approximate surface area is 105 Å². The van der Waals surface area contributed by atoms with E-state index in [-0.39, 0.29) is 6.10 Å². The Balaban J connectivity index is 2.04. The molecule has 0 aliphatic heterocycles. The van der Waals surface area contributed by atoms with Gasteiger partial charge in [0, 0.05) is 17.5 Å². The maximum atomic E-state index is 9.79. The van der Waals surface area contributed by atoms with Gasteiger partial charge >= 0.3 is 0 Å². The van der Waals surface area contributed by atoms with Crippen molar-refractivity contribution >= 4 is 11.8 Å². The van der Waals surface area contributed by atoms with Gasteiger partial charge < -0.3 is 10.4 Å². The fraction of sp³-hybridized carbons (Fsp3) is 1.00. The molecule has 3 heteroatoms. The Morgan fingerprint density at radius 3 is 2.94 bits per heavy atom. The van der Waals surface area contributed by atoms with Gasteiger partial charge in [-0.1, -0.05) is 26.7 Å². The highest BCUT2D eigenvalue weighted by Crippen LogP contribution is 2.32. The Hall–Kier alpha value is 0.270. The van der Waals surface area contributed by atoms with E-state index in [0.29, 0.717) is 0 Å². The number of aliphatic hydroxyl groups is 1. The van der Waals surface area contributed by atoms with Crippen LogP contribution in [0.2, 0.25) is 0 Å². The number of aliphatic hydroxyl groups excluding tert-OH is 1. The Morgan fingerprint density at radius 2 is 2.25 bits per heavy atom. The summed E-state index contributed by atoms with van der Waals surface area (Å²) in [6, 6.07) is 0. The fourth-order valence-electron chi connectivity index (χ4n) is 2.28. The third kappa shape index (κ3) is 6.12. The van der Waals surface area contributed by atoms with E-state index in [0.717, 1.165) is 36.4 Å². The molecular weight excluding hydrogens is 218 g/mol. The number of rotatable bonds is 7. The van der Waals surface area contributed by atoms with Gasteiger partial charge in [0.2, 0.25) is 0 Å². The van der Waals surface area contributed by atoms with Gasteiger partial charge in [-0.15, -0.1) is 0 Å². The molecule has 0 bridgehead atoms. The first kappa shape index (κ1) is 14.3. The molecule has 0 aromatic heterocycles. The highest BCUT2D eigenvalue weighted by molar-refractivity contribution is 7.99. The summed E-state index contributed by atoms with van der Waals surface area (Å²) in [6.07, 6.45) is 6.44. The molecule has 0 amide bonds. The van der Waals surface area contributed by atoms with Crippen LogP contribution in [0, 0.1) is 5.92 Å². The second kappa shape index (κ2) is 8.37. The van der Waals surface area contributed by atoms with Crippen LogP contribution >= 0.6 is 11.8 Å². The highest BCUT2D eigenvalue weighted by atomic mass is 32.2. The molecule has 0 spiro atoms. The predicted molar refractivity (Wildman–Crippen MR) is 73.0 cm³/mol. The summed E-state index contributed by atoms with van der Waals surface area (Å²) in [7, 11) is 0. The minimum Gasteiger partial charge on any atom is -0.391 e. The van der Waals surface area contributed by atoms with E-state index in [1.165, 1.54) is 25.7 Å². The molecule has 1 saturated carbocycles. The number of thioether (sulfide) groups is 1. The van der Waals surface area contributed by atoms with Crippen molar-refractivity contribution < 1.29 is 5.11 Å². The molecule has 2 nitrogen and oxygen atoms in total. The van der Waals surface area contributed by atoms with Gasteiger partial charge in [0.15, 0.2) is 0 Å². The van der Waals surface area contributed by atoms with Crippen LogP contribution in [0.4, 0.5) is 0 Å². The summed E-state index contributed by atoms with van der Waals surface area (Å²) in [4.78, 5) is 0. The topological polar surface area (TPSA) is 32.3 Å². The van der Waals surface area contributed by atoms with Crippen molar-refractivity contribution in [2.45, 2.75) is 57.3 Å². The van der Waals surface area contributed by atoms with Crippen molar-refractivity contribution in [2.24, 2.45) is 5.92 Å². The van der Waals surface area contributed by atoms with Crippen molar-refractivity contribution in [1.82, 2.24) is 5.32 Å². The monoisotopic (exact) mass is 245 g/mol. The molecule has 0 aromatic rings. The summed E-state index contributed by atoms with van der Waals surface area (Å²) in [6.45, 7) is 6.27. The zero-order valence-corrected chi connectivity index (χ0v) is 11.6. The second-order valence-electron chi connectivity index (χ2n) is 5.09. The zero-order chi connectivity index (χ0) is 11.8. The molecule has 16 heavy (non-hydrogen) atoms. The molecular formula is C13H27NOS. The Morgan fingerprint density at radius 1 is 1.44 bits per heavy atom. The highest BCUT2D eigenvalue weighted by Gasteiger charge is 2.19. The maximum Gasteiger partial charge on any atom is 0.0754 e. The fourth-order valence-corrected chi connectivity index (χ4v) is 3.69. The summed E-state index contributed by atoms with van der Waals surface area (Å²) in [5.74, 6) is 1.79. The average molecular weight is 245 g/mol. The molecule has 3 unspecified atom stereocenters. The van der Waals surface area contributed by atoms with Crippen molar-refractivity contribution in [3.8, 4) is 0 Å². The van der Waals surface area contributed by atoms with E-state index >= 15 is 0 Å². The molecule has 3 atom stereocenters. The molecule has 1 aliphatic carbocycles. The maximum absolute atomic E-state index is 9.79. The van der Waals surface area contributed by atoms with Gasteiger partial charge in [-0.05, 0) is 31.7 Å². The van der Waals surface area contributed by atoms with E-state index in [9.17, 15) is 5.11 Å². The third-order valence-corrected chi connectivity index (χ3v) is 4.70. The number of nitrogens with one attached hydrogen (secondary N) is 1. The molecule has 96 valence electrons. The van der Waals surface area contributed by atoms with Crippen molar-refractivity contribution in [1.29, 1.82) is 0 Å². The standard InChI is InChI=1S/C13H27NOS/c1-3-7-14-9-12(15)10-16-13-6-4-5-11(2)8-13/h11-15H,3-10H2,1-2H3. The lowest BCUT2D eigenvalue weighted by atomic mass is 9.91. The molecule has 0 heterocycles. The smallest absolute Gasteiger partial charge is 0.0754 e. The lowest BCUT2D eigenvalue weighted by Crippen LogP contribution is -2.30. The number of hydrogen-bond donors (Lipinski definition) is 2. The van der Waals surface area contributed by atoms with E-state index in [4.69, 9.17) is 0 Å². The lowest BCUT2D eigenvalue weighted by Gasteiger charge is -2.26. The van der Waals surface area contributed by atoms with Gasteiger partial charge in [-0.3, -0.25) is 0 Å². The Bertz CT molecular complexity index is 177. The van der Waals surface area contributed by atoms with Gasteiger partial charge in [-0.2, -0.15) is 11.8 Å². The largest absolute Gasteiger partial charge is 0.391 e. The second-order valence-corrected chi connectivity index (χ2v) is 6.42. The van der Waals surface area contributed by atoms with Crippen molar-refractivity contribution in [3.63, 3.8) is 0 Å². The molecule has 0 saturated heterocycles. The van der Waals surface area contributed by atoms with E-state index in [2.05, 4.69) is 19.2 Å². The molecule has 1 fully saturated rings. The van der Waals surface area contributed by atoms with Crippen molar-refractivity contribution in [2.75, 3.05) is 18.8 Å². The normalized spacial score (nSPS) is 27.9. The summed E-state index contributed by atoms with van der Waals surface area (Å²) >= 11 is 1.98. The van der Waals surface area contributed by atoms with Gasteiger partial charge in [0.25, 0.3) is 0 Å². The minimum absolute atomic E-state index is 0.172. The zero-order valence-electron chi connectivity index (χ0n) is 10.7. The van der Waals surface area contributed by atoms with Crippen LogP contribution in [0.1, 0.15) is 46.0 Å². The van der Waals surface area contributed by atoms with Crippen LogP contribution in [-0.4, -0.2) is 35.3 Å². The first-order valence-electron chi connectivity index (χ1n) is 6.72. The average Bonchev–Trinajstić information content (AvgIpc) is 2.27. The quantitative estimate of drug-likeness (QED) is 0.676. The third-order valence-electron chi connectivity index (χ3n) is 3.22. The van der Waals surface area contributed by atoms with Crippen LogP contribution in [0.25, 0.3) is 0 Å². The van der Waals surface area contributed by atoms with Gasteiger partial charge in [0.1, 0.15) is 0 Å². The minimum atomic E-state index is -0.172. The summed E-state index contributed by atoms with van der Waals surface area (Å²) < 4.78 is 0. The number of hydrogen-bond acceptors (Lipinski definition) is 3. The van der Waals surface area contributed by atoms with Crippen molar-refractivity contribution in [3.05, 3.63) is 0 Å². The predicted octanol–water partition coefficient (Wildman–Crippen LogP) is 2.66. The van der Waals surface area contributed by atoms with Crippen LogP contribution in [-0.2, 0) is 0 Å². The van der Waals surface area contributed by atoms with Crippen LogP contribution in [0.3, 0.4) is 0 Å². The van der Waals surface area contributed by atoms with Crippen LogP contribution in [0.5, 0.6) is 0 Å². The molecule has 0 aromatic carbocycles. The van der Waals surface area contributed by atoms with E-state index < -0.39 is 0 Å². The summed E-state index contributed by atoms with van der Waals surface area (Å²) in [5.41, 5.74) is 0. The molecule has 1 rings (SSSR count). The molecule has 2 N–H and O–H groups in total. The van der Waals surface area contributed by atoms with Crippen LogP contribution < -0.4 is 5.32 Å². The van der Waals surface area contributed by atoms with E-state index in [1.54, 1.807) is 0 Å². The van der Waals surface area contributed by atoms with Gasteiger partial charge in [0.05, 0.1) is 6.10 Å². The van der Waals surface area contributed by atoms with Gasteiger partial charge in [-0.25, -0.2) is 0 Å². The first-order chi connectivity index (χ1) is 7.72. The van der Waals surface area contributed by atoms with E-state index in [1.807, 2.05) is 11.8 Å². The van der Waals surface area contributed by atoms with Crippen LogP contribution in [0.15, 0.2) is 0 Å². The molecule has 1 aliphatic rings. The molecule has 0 radical (unpaired) electrons. The first-order valence-corrected chi connectivity index (χ1v) is 7.77. The Kier molecular flexibility index (Phi) is 7.50. The summed E-state index contributed by atoms with van der Waals surface area (Å²) in [5, 5.41) is 13.9. The lowest BCUT2D eigenvalue weighted by molar-refractivity contribution is 0.196.